The predicted molar refractivity (Wildman–Crippen MR) is 87.8 cm³/mol. The van der Waals surface area contributed by atoms with Crippen LogP contribution in [-0.4, -0.2) is 11.4 Å². The van der Waals surface area contributed by atoms with Gasteiger partial charge in [0.25, 0.3) is 0 Å². The lowest BCUT2D eigenvalue weighted by Crippen LogP contribution is -2.48. The van der Waals surface area contributed by atoms with Gasteiger partial charge >= 0.3 is 0 Å². The molecule has 2 aromatic rings. The first-order chi connectivity index (χ1) is 10.4. The molecule has 3 N–H and O–H groups in total. The van der Waals surface area contributed by atoms with Crippen LogP contribution < -0.4 is 15.8 Å². The van der Waals surface area contributed by atoms with Crippen LogP contribution in [0.5, 0.6) is 11.5 Å². The van der Waals surface area contributed by atoms with Crippen LogP contribution >= 0.6 is 0 Å². The minimum atomic E-state index is -0.896. The fourth-order valence-electron chi connectivity index (χ4n) is 1.96. The van der Waals surface area contributed by atoms with Crippen LogP contribution in [0, 0.1) is 6.92 Å². The first-order valence-electron chi connectivity index (χ1n) is 7.26. The number of carbonyl (C=O) groups excluding carboxylic acids is 1. The van der Waals surface area contributed by atoms with Crippen molar-refractivity contribution in [3.63, 3.8) is 0 Å². The van der Waals surface area contributed by atoms with Crippen molar-refractivity contribution in [2.45, 2.75) is 32.9 Å². The zero-order valence-corrected chi connectivity index (χ0v) is 13.2. The van der Waals surface area contributed by atoms with Crippen LogP contribution in [0.25, 0.3) is 0 Å². The van der Waals surface area contributed by atoms with Crippen LogP contribution in [0.3, 0.4) is 0 Å². The van der Waals surface area contributed by atoms with E-state index in [-0.39, 0.29) is 5.91 Å². The van der Waals surface area contributed by atoms with Gasteiger partial charge in [0.1, 0.15) is 11.5 Å². The van der Waals surface area contributed by atoms with Crippen LogP contribution in [0.15, 0.2) is 48.5 Å². The van der Waals surface area contributed by atoms with Crippen molar-refractivity contribution in [2.24, 2.45) is 5.73 Å². The molecule has 0 fully saturated rings. The minimum absolute atomic E-state index is 0.196. The van der Waals surface area contributed by atoms with E-state index in [1.54, 1.807) is 13.8 Å². The normalized spacial score (nSPS) is 11.1. The molecule has 2 aromatic carbocycles. The Hall–Kier alpha value is -2.33. The summed E-state index contributed by atoms with van der Waals surface area (Å²) in [5, 5.41) is 2.83. The highest BCUT2D eigenvalue weighted by atomic mass is 16.5. The fraction of sp³-hybridized carbons (Fsp3) is 0.278. The smallest absolute Gasteiger partial charge is 0.239 e. The molecule has 0 spiro atoms. The number of carbonyl (C=O) groups is 1. The molecular formula is C18H22N2O2. The zero-order valence-electron chi connectivity index (χ0n) is 13.2. The van der Waals surface area contributed by atoms with Crippen LogP contribution in [0.1, 0.15) is 25.0 Å². The molecule has 0 aromatic heterocycles. The third kappa shape index (κ3) is 4.33. The Morgan fingerprint density at radius 1 is 1.18 bits per heavy atom. The molecule has 0 aliphatic rings. The molecule has 0 aliphatic carbocycles. The van der Waals surface area contributed by atoms with Gasteiger partial charge in [-0.3, -0.25) is 4.79 Å². The fourth-order valence-corrected chi connectivity index (χ4v) is 1.96. The average molecular weight is 298 g/mol. The Morgan fingerprint density at radius 2 is 1.91 bits per heavy atom. The van der Waals surface area contributed by atoms with E-state index >= 15 is 0 Å². The van der Waals surface area contributed by atoms with Crippen molar-refractivity contribution in [1.29, 1.82) is 0 Å². The zero-order chi connectivity index (χ0) is 16.2. The Labute approximate surface area is 131 Å². The first-order valence-corrected chi connectivity index (χ1v) is 7.26. The molecule has 0 saturated heterocycles. The molecule has 0 bridgehead atoms. The third-order valence-corrected chi connectivity index (χ3v) is 3.21. The number of hydrogen-bond acceptors (Lipinski definition) is 3. The largest absolute Gasteiger partial charge is 0.457 e. The molecule has 4 heteroatoms. The second kappa shape index (κ2) is 6.62. The molecule has 116 valence electrons. The summed E-state index contributed by atoms with van der Waals surface area (Å²) in [6.07, 6.45) is 0. The summed E-state index contributed by atoms with van der Waals surface area (Å²) < 4.78 is 5.93. The summed E-state index contributed by atoms with van der Waals surface area (Å²) in [5.74, 6) is 1.30. The maximum atomic E-state index is 11.9. The topological polar surface area (TPSA) is 64.3 Å². The van der Waals surface area contributed by atoms with E-state index in [0.29, 0.717) is 6.54 Å². The van der Waals surface area contributed by atoms with Gasteiger partial charge in [-0.25, -0.2) is 0 Å². The highest BCUT2D eigenvalue weighted by molar-refractivity contribution is 5.85. The lowest BCUT2D eigenvalue weighted by molar-refractivity contribution is -0.125. The van der Waals surface area contributed by atoms with Crippen LogP contribution in [0.4, 0.5) is 0 Å². The highest BCUT2D eigenvalue weighted by Crippen LogP contribution is 2.25. The lowest BCUT2D eigenvalue weighted by Gasteiger charge is -2.18. The van der Waals surface area contributed by atoms with Gasteiger partial charge in [-0.1, -0.05) is 30.3 Å². The van der Waals surface area contributed by atoms with E-state index in [1.165, 1.54) is 0 Å². The molecule has 0 heterocycles. The highest BCUT2D eigenvalue weighted by Gasteiger charge is 2.21. The van der Waals surface area contributed by atoms with Gasteiger partial charge in [0, 0.05) is 12.1 Å². The van der Waals surface area contributed by atoms with Gasteiger partial charge in [-0.05, 0) is 44.5 Å². The number of hydrogen-bond donors (Lipinski definition) is 2. The summed E-state index contributed by atoms with van der Waals surface area (Å²) >= 11 is 0. The minimum Gasteiger partial charge on any atom is -0.457 e. The summed E-state index contributed by atoms with van der Waals surface area (Å²) in [5.41, 5.74) is 6.92. The molecule has 0 saturated carbocycles. The standard InChI is InChI=1S/C18H22N2O2/c1-13-7-6-9-15(11-13)22-16-10-5-4-8-14(16)12-20-17(21)18(2,3)19/h4-11H,12,19H2,1-3H3,(H,20,21). The Balaban J connectivity index is 2.12. The van der Waals surface area contributed by atoms with Crippen molar-refractivity contribution < 1.29 is 9.53 Å². The van der Waals surface area contributed by atoms with Gasteiger partial charge < -0.3 is 15.8 Å². The van der Waals surface area contributed by atoms with Crippen molar-refractivity contribution in [3.8, 4) is 11.5 Å². The Morgan fingerprint density at radius 3 is 2.59 bits per heavy atom. The second-order valence-corrected chi connectivity index (χ2v) is 5.93. The summed E-state index contributed by atoms with van der Waals surface area (Å²) in [6.45, 7) is 5.75. The van der Waals surface area contributed by atoms with Gasteiger partial charge in [0.05, 0.1) is 5.54 Å². The van der Waals surface area contributed by atoms with E-state index in [2.05, 4.69) is 5.32 Å². The number of ether oxygens (including phenoxy) is 1. The monoisotopic (exact) mass is 298 g/mol. The predicted octanol–water partition coefficient (Wildman–Crippen LogP) is 3.14. The Bertz CT molecular complexity index is 660. The number of benzene rings is 2. The van der Waals surface area contributed by atoms with Crippen LogP contribution in [-0.2, 0) is 11.3 Å². The number of aryl methyl sites for hydroxylation is 1. The quantitative estimate of drug-likeness (QED) is 0.891. The molecule has 0 radical (unpaired) electrons. The molecule has 2 rings (SSSR count). The van der Waals surface area contributed by atoms with E-state index in [1.807, 2.05) is 55.5 Å². The van der Waals surface area contributed by atoms with Gasteiger partial charge in [-0.15, -0.1) is 0 Å². The van der Waals surface area contributed by atoms with Gasteiger partial charge in [0.15, 0.2) is 0 Å². The maximum absolute atomic E-state index is 11.9. The molecule has 0 aliphatic heterocycles. The lowest BCUT2D eigenvalue weighted by atomic mass is 10.1. The van der Waals surface area contributed by atoms with Gasteiger partial charge in [0.2, 0.25) is 5.91 Å². The Kier molecular flexibility index (Phi) is 4.83. The molecule has 1 amide bonds. The number of rotatable bonds is 5. The maximum Gasteiger partial charge on any atom is 0.239 e. The van der Waals surface area contributed by atoms with Crippen molar-refractivity contribution in [2.75, 3.05) is 0 Å². The van der Waals surface area contributed by atoms with Crippen molar-refractivity contribution in [1.82, 2.24) is 5.32 Å². The number of nitrogens with one attached hydrogen (secondary N) is 1. The first kappa shape index (κ1) is 16.0. The summed E-state index contributed by atoms with van der Waals surface area (Å²) in [7, 11) is 0. The molecule has 4 nitrogen and oxygen atoms in total. The molecule has 22 heavy (non-hydrogen) atoms. The number of nitrogens with two attached hydrogens (primary N) is 1. The van der Waals surface area contributed by atoms with E-state index in [9.17, 15) is 4.79 Å². The molecular weight excluding hydrogens is 276 g/mol. The average Bonchev–Trinajstić information content (AvgIpc) is 2.45. The van der Waals surface area contributed by atoms with Crippen molar-refractivity contribution >= 4 is 5.91 Å². The second-order valence-electron chi connectivity index (χ2n) is 5.93. The summed E-state index contributed by atoms with van der Waals surface area (Å²) in [6, 6.07) is 15.5. The van der Waals surface area contributed by atoms with E-state index in [4.69, 9.17) is 10.5 Å². The number of amides is 1. The molecule has 0 unspecified atom stereocenters. The van der Waals surface area contributed by atoms with Gasteiger partial charge in [-0.2, -0.15) is 0 Å². The summed E-state index contributed by atoms with van der Waals surface area (Å²) in [4.78, 5) is 11.9. The number of para-hydroxylation sites is 1. The third-order valence-electron chi connectivity index (χ3n) is 3.21. The van der Waals surface area contributed by atoms with Crippen LogP contribution in [0.2, 0.25) is 0 Å². The SMILES string of the molecule is Cc1cccc(Oc2ccccc2CNC(=O)C(C)(C)N)c1. The van der Waals surface area contributed by atoms with E-state index < -0.39 is 5.54 Å². The van der Waals surface area contributed by atoms with Crippen molar-refractivity contribution in [3.05, 3.63) is 59.7 Å². The van der Waals surface area contributed by atoms with E-state index in [0.717, 1.165) is 22.6 Å². The molecule has 0 atom stereocenters.